The standard InChI is InChI=1S/C20H20BrNO6S/c1-5-8-28-17-14(21)9-13(10-15(17)26-6-2)11-16-18(23)22(20(25)29-16)12(4)19(24)27-7-3/h1,9-12H,6-8H2,2-4H3/b16-11+/t12-/m1/s1. The van der Waals surface area contributed by atoms with E-state index in [1.54, 1.807) is 25.1 Å². The zero-order chi connectivity index (χ0) is 21.6. The van der Waals surface area contributed by atoms with Crippen molar-refractivity contribution in [2.45, 2.75) is 26.8 Å². The van der Waals surface area contributed by atoms with E-state index in [1.165, 1.54) is 6.92 Å². The minimum absolute atomic E-state index is 0.0721. The van der Waals surface area contributed by atoms with Gasteiger partial charge in [0, 0.05) is 0 Å². The van der Waals surface area contributed by atoms with Crippen molar-refractivity contribution >= 4 is 50.9 Å². The molecule has 2 rings (SSSR count). The Morgan fingerprint density at radius 3 is 2.66 bits per heavy atom. The lowest BCUT2D eigenvalue weighted by Crippen LogP contribution is -2.42. The molecular weight excluding hydrogens is 462 g/mol. The minimum atomic E-state index is -1.00. The summed E-state index contributed by atoms with van der Waals surface area (Å²) in [5.74, 6) is 2.10. The third-order valence-electron chi connectivity index (χ3n) is 3.77. The highest BCUT2D eigenvalue weighted by molar-refractivity contribution is 9.10. The number of terminal acetylenes is 1. The van der Waals surface area contributed by atoms with E-state index in [0.717, 1.165) is 16.7 Å². The average Bonchev–Trinajstić information content (AvgIpc) is 2.94. The summed E-state index contributed by atoms with van der Waals surface area (Å²) in [6.07, 6.45) is 6.80. The Balaban J connectivity index is 2.34. The minimum Gasteiger partial charge on any atom is -0.490 e. The van der Waals surface area contributed by atoms with Crippen molar-refractivity contribution in [3.05, 3.63) is 27.1 Å². The second-order valence-electron chi connectivity index (χ2n) is 5.74. The van der Waals surface area contributed by atoms with Crippen LogP contribution in [0.5, 0.6) is 11.5 Å². The van der Waals surface area contributed by atoms with Crippen LogP contribution in [0.3, 0.4) is 0 Å². The fourth-order valence-electron chi connectivity index (χ4n) is 2.52. The number of hydrogen-bond acceptors (Lipinski definition) is 7. The van der Waals surface area contributed by atoms with Crippen LogP contribution in [0.1, 0.15) is 26.3 Å². The van der Waals surface area contributed by atoms with Crippen molar-refractivity contribution in [1.82, 2.24) is 4.90 Å². The molecule has 0 aliphatic carbocycles. The van der Waals surface area contributed by atoms with Gasteiger partial charge in [0.2, 0.25) is 0 Å². The summed E-state index contributed by atoms with van der Waals surface area (Å²) in [4.78, 5) is 38.0. The molecule has 0 unspecified atom stereocenters. The molecule has 1 aromatic carbocycles. The van der Waals surface area contributed by atoms with Gasteiger partial charge in [-0.2, -0.15) is 0 Å². The van der Waals surface area contributed by atoms with Crippen LogP contribution < -0.4 is 9.47 Å². The molecule has 1 aliphatic heterocycles. The predicted octanol–water partition coefficient (Wildman–Crippen LogP) is 3.85. The SMILES string of the molecule is C#CCOc1c(Br)cc(/C=C2/SC(=O)N([C@H](C)C(=O)OCC)C2=O)cc1OCC. The molecule has 0 spiro atoms. The number of halogens is 1. The average molecular weight is 482 g/mol. The van der Waals surface area contributed by atoms with Gasteiger partial charge < -0.3 is 14.2 Å². The summed E-state index contributed by atoms with van der Waals surface area (Å²) in [7, 11) is 0. The maximum atomic E-state index is 12.7. The molecule has 1 aliphatic rings. The molecule has 2 amide bonds. The van der Waals surface area contributed by atoms with E-state index < -0.39 is 23.2 Å². The molecule has 1 heterocycles. The largest absolute Gasteiger partial charge is 0.490 e. The van der Waals surface area contributed by atoms with Crippen molar-refractivity contribution < 1.29 is 28.6 Å². The van der Waals surface area contributed by atoms with Crippen molar-refractivity contribution in [3.8, 4) is 23.8 Å². The molecule has 29 heavy (non-hydrogen) atoms. The van der Waals surface area contributed by atoms with Crippen LogP contribution in [0.2, 0.25) is 0 Å². The van der Waals surface area contributed by atoms with E-state index in [0.29, 0.717) is 28.1 Å². The number of ether oxygens (including phenoxy) is 3. The highest BCUT2D eigenvalue weighted by Gasteiger charge is 2.41. The number of benzene rings is 1. The van der Waals surface area contributed by atoms with Crippen LogP contribution >= 0.6 is 27.7 Å². The number of amides is 2. The first-order chi connectivity index (χ1) is 13.8. The quantitative estimate of drug-likeness (QED) is 0.316. The van der Waals surface area contributed by atoms with Crippen LogP contribution in [0.15, 0.2) is 21.5 Å². The number of carbonyl (C=O) groups is 3. The molecule has 1 aromatic rings. The van der Waals surface area contributed by atoms with E-state index in [1.807, 2.05) is 6.92 Å². The molecule has 1 atom stereocenters. The third kappa shape index (κ3) is 5.34. The molecule has 0 aromatic heterocycles. The van der Waals surface area contributed by atoms with Crippen molar-refractivity contribution in [3.63, 3.8) is 0 Å². The van der Waals surface area contributed by atoms with Gasteiger partial charge in [0.25, 0.3) is 11.1 Å². The maximum Gasteiger partial charge on any atom is 0.329 e. The van der Waals surface area contributed by atoms with Gasteiger partial charge in [-0.05, 0) is 72.2 Å². The Morgan fingerprint density at radius 1 is 1.31 bits per heavy atom. The molecule has 0 saturated carbocycles. The monoisotopic (exact) mass is 481 g/mol. The van der Waals surface area contributed by atoms with Crippen LogP contribution in [0.25, 0.3) is 6.08 Å². The fraction of sp³-hybridized carbons (Fsp3) is 0.350. The lowest BCUT2D eigenvalue weighted by atomic mass is 10.1. The van der Waals surface area contributed by atoms with Crippen molar-refractivity contribution in [1.29, 1.82) is 0 Å². The Kier molecular flexibility index (Phi) is 8.17. The van der Waals surface area contributed by atoms with Gasteiger partial charge in [-0.1, -0.05) is 5.92 Å². The number of carbonyl (C=O) groups excluding carboxylic acids is 3. The highest BCUT2D eigenvalue weighted by atomic mass is 79.9. The van der Waals surface area contributed by atoms with Gasteiger partial charge in [0.1, 0.15) is 12.6 Å². The summed E-state index contributed by atoms with van der Waals surface area (Å²) in [5, 5.41) is -0.528. The molecule has 0 radical (unpaired) electrons. The molecule has 1 fully saturated rings. The van der Waals surface area contributed by atoms with E-state index in [4.69, 9.17) is 20.6 Å². The predicted molar refractivity (Wildman–Crippen MR) is 114 cm³/mol. The van der Waals surface area contributed by atoms with Gasteiger partial charge in [0.15, 0.2) is 11.5 Å². The van der Waals surface area contributed by atoms with Gasteiger partial charge in [-0.3, -0.25) is 14.5 Å². The summed E-state index contributed by atoms with van der Waals surface area (Å²) >= 11 is 4.17. The Hall–Kier alpha value is -2.44. The van der Waals surface area contributed by atoms with Gasteiger partial charge in [-0.15, -0.1) is 6.42 Å². The number of imide groups is 1. The first-order valence-electron chi connectivity index (χ1n) is 8.80. The normalized spacial score (nSPS) is 16.0. The fourth-order valence-corrected chi connectivity index (χ4v) is 4.00. The topological polar surface area (TPSA) is 82.1 Å². The van der Waals surface area contributed by atoms with Crippen molar-refractivity contribution in [2.24, 2.45) is 0 Å². The van der Waals surface area contributed by atoms with Crippen LogP contribution in [-0.2, 0) is 14.3 Å². The van der Waals surface area contributed by atoms with E-state index in [2.05, 4.69) is 21.9 Å². The van der Waals surface area contributed by atoms with Gasteiger partial charge in [0.05, 0.1) is 22.6 Å². The first kappa shape index (κ1) is 22.8. The van der Waals surface area contributed by atoms with Gasteiger partial charge >= 0.3 is 5.97 Å². The summed E-state index contributed by atoms with van der Waals surface area (Å²) < 4.78 is 16.6. The molecule has 0 N–H and O–H groups in total. The lowest BCUT2D eigenvalue weighted by Gasteiger charge is -2.19. The number of thioether (sulfide) groups is 1. The molecule has 1 saturated heterocycles. The van der Waals surface area contributed by atoms with E-state index in [9.17, 15) is 14.4 Å². The van der Waals surface area contributed by atoms with Crippen LogP contribution in [-0.4, -0.2) is 47.9 Å². The lowest BCUT2D eigenvalue weighted by molar-refractivity contribution is -0.150. The Bertz CT molecular complexity index is 892. The first-order valence-corrected chi connectivity index (χ1v) is 10.4. The second-order valence-corrected chi connectivity index (χ2v) is 7.58. The third-order valence-corrected chi connectivity index (χ3v) is 5.24. The summed E-state index contributed by atoms with van der Waals surface area (Å²) in [5.41, 5.74) is 0.614. The van der Waals surface area contributed by atoms with Crippen LogP contribution in [0.4, 0.5) is 4.79 Å². The van der Waals surface area contributed by atoms with Crippen LogP contribution in [0, 0.1) is 12.3 Å². The van der Waals surface area contributed by atoms with E-state index in [-0.39, 0.29) is 18.1 Å². The molecule has 0 bridgehead atoms. The van der Waals surface area contributed by atoms with E-state index >= 15 is 0 Å². The number of esters is 1. The number of rotatable bonds is 8. The molecule has 154 valence electrons. The molecular formula is C20H20BrNO6S. The maximum absolute atomic E-state index is 12.7. The zero-order valence-corrected chi connectivity index (χ0v) is 18.6. The number of nitrogens with zero attached hydrogens (tertiary/aromatic N) is 1. The van der Waals surface area contributed by atoms with Crippen molar-refractivity contribution in [2.75, 3.05) is 19.8 Å². The Morgan fingerprint density at radius 2 is 2.03 bits per heavy atom. The highest BCUT2D eigenvalue weighted by Crippen LogP contribution is 2.39. The summed E-state index contributed by atoms with van der Waals surface area (Å²) in [6, 6.07) is 2.40. The second kappa shape index (κ2) is 10.4. The molecule has 7 nitrogen and oxygen atoms in total. The van der Waals surface area contributed by atoms with Gasteiger partial charge in [-0.25, -0.2) is 4.79 Å². The Labute approximate surface area is 181 Å². The smallest absolute Gasteiger partial charge is 0.329 e. The summed E-state index contributed by atoms with van der Waals surface area (Å²) in [6.45, 7) is 5.57. The zero-order valence-electron chi connectivity index (χ0n) is 16.2. The number of hydrogen-bond donors (Lipinski definition) is 0. The molecule has 9 heteroatoms.